The van der Waals surface area contributed by atoms with Crippen molar-refractivity contribution in [2.24, 2.45) is 0 Å². The first kappa shape index (κ1) is 20.4. The maximum Gasteiger partial charge on any atom is 0.196 e. The molecule has 0 aliphatic heterocycles. The molecule has 0 bridgehead atoms. The van der Waals surface area contributed by atoms with Crippen LogP contribution < -0.4 is 0 Å². The molecule has 0 spiro atoms. The Morgan fingerprint density at radius 3 is 2.43 bits per heavy atom. The van der Waals surface area contributed by atoms with E-state index in [0.717, 1.165) is 27.9 Å². The summed E-state index contributed by atoms with van der Waals surface area (Å²) in [5.41, 5.74) is 4.58. The van der Waals surface area contributed by atoms with E-state index < -0.39 is 0 Å². The van der Waals surface area contributed by atoms with Crippen molar-refractivity contribution >= 4 is 29.1 Å². The first-order valence-corrected chi connectivity index (χ1v) is 10.9. The van der Waals surface area contributed by atoms with Gasteiger partial charge in [-0.3, -0.25) is 9.36 Å². The van der Waals surface area contributed by atoms with Crippen LogP contribution >= 0.6 is 23.4 Å². The number of aryl methyl sites for hydroxylation is 2. The smallest absolute Gasteiger partial charge is 0.196 e. The number of aromatic nitrogens is 3. The van der Waals surface area contributed by atoms with E-state index in [9.17, 15) is 4.79 Å². The summed E-state index contributed by atoms with van der Waals surface area (Å²) >= 11 is 7.80. The number of halogens is 1. The minimum Gasteiger partial charge on any atom is -0.293 e. The van der Waals surface area contributed by atoms with Gasteiger partial charge in [-0.15, -0.1) is 10.2 Å². The second-order valence-electron chi connectivity index (χ2n) is 6.99. The summed E-state index contributed by atoms with van der Waals surface area (Å²) in [5, 5.41) is 10.0. The summed E-state index contributed by atoms with van der Waals surface area (Å²) in [6, 6.07) is 23.3. The van der Waals surface area contributed by atoms with E-state index in [4.69, 9.17) is 11.6 Å². The molecule has 0 radical (unpaired) electrons. The third-order valence-corrected chi connectivity index (χ3v) is 6.04. The first-order chi connectivity index (χ1) is 14.5. The van der Waals surface area contributed by atoms with Crippen molar-refractivity contribution in [3.8, 4) is 17.1 Å². The van der Waals surface area contributed by atoms with Crippen LogP contribution in [0.3, 0.4) is 0 Å². The highest BCUT2D eigenvalue weighted by Gasteiger charge is 2.19. The van der Waals surface area contributed by atoms with Gasteiger partial charge in [-0.1, -0.05) is 77.5 Å². The lowest BCUT2D eigenvalue weighted by molar-refractivity contribution is 0.102. The standard InChI is InChI=1S/C24H20ClN3OS/c1-16-12-13-19(17(2)14-16)22(29)15-30-24-27-26-23(20-10-6-7-11-21(20)25)28(24)18-8-4-3-5-9-18/h3-14H,15H2,1-2H3. The second kappa shape index (κ2) is 8.86. The molecule has 4 nitrogen and oxygen atoms in total. The zero-order valence-corrected chi connectivity index (χ0v) is 18.2. The molecule has 4 rings (SSSR count). The summed E-state index contributed by atoms with van der Waals surface area (Å²) in [4.78, 5) is 12.8. The average molecular weight is 434 g/mol. The molecular weight excluding hydrogens is 414 g/mol. The summed E-state index contributed by atoms with van der Waals surface area (Å²) < 4.78 is 1.95. The van der Waals surface area contributed by atoms with E-state index in [2.05, 4.69) is 10.2 Å². The number of carbonyl (C=O) groups is 1. The number of carbonyl (C=O) groups excluding carboxylic acids is 1. The van der Waals surface area contributed by atoms with Gasteiger partial charge in [0.2, 0.25) is 0 Å². The number of Topliss-reactive ketones (excluding diaryl/α,β-unsaturated/α-hetero) is 1. The fourth-order valence-corrected chi connectivity index (χ4v) is 4.38. The molecule has 0 aliphatic carbocycles. The molecule has 0 fully saturated rings. The predicted molar refractivity (Wildman–Crippen MR) is 123 cm³/mol. The molecule has 0 saturated carbocycles. The summed E-state index contributed by atoms with van der Waals surface area (Å²) in [7, 11) is 0. The number of rotatable bonds is 6. The van der Waals surface area contributed by atoms with E-state index in [1.54, 1.807) is 0 Å². The molecule has 0 N–H and O–H groups in total. The Bertz CT molecular complexity index is 1200. The number of hydrogen-bond donors (Lipinski definition) is 0. The molecule has 30 heavy (non-hydrogen) atoms. The number of para-hydroxylation sites is 1. The van der Waals surface area contributed by atoms with Crippen molar-refractivity contribution in [3.05, 3.63) is 94.5 Å². The van der Waals surface area contributed by atoms with Gasteiger partial charge in [-0.05, 0) is 43.7 Å². The van der Waals surface area contributed by atoms with E-state index >= 15 is 0 Å². The van der Waals surface area contributed by atoms with Crippen LogP contribution in [0.2, 0.25) is 5.02 Å². The third-order valence-electron chi connectivity index (χ3n) is 4.78. The Hall–Kier alpha value is -2.89. The Morgan fingerprint density at radius 1 is 0.967 bits per heavy atom. The monoisotopic (exact) mass is 433 g/mol. The number of nitrogens with zero attached hydrogens (tertiary/aromatic N) is 3. The van der Waals surface area contributed by atoms with Gasteiger partial charge < -0.3 is 0 Å². The first-order valence-electron chi connectivity index (χ1n) is 9.53. The zero-order chi connectivity index (χ0) is 21.1. The molecule has 150 valence electrons. The van der Waals surface area contributed by atoms with Gasteiger partial charge in [0.05, 0.1) is 10.8 Å². The lowest BCUT2D eigenvalue weighted by Gasteiger charge is -2.11. The lowest BCUT2D eigenvalue weighted by Crippen LogP contribution is -2.07. The summed E-state index contributed by atoms with van der Waals surface area (Å²) in [6.07, 6.45) is 0. The van der Waals surface area contributed by atoms with Gasteiger partial charge in [-0.25, -0.2) is 0 Å². The van der Waals surface area contributed by atoms with Gasteiger partial charge in [0.15, 0.2) is 16.8 Å². The van der Waals surface area contributed by atoms with E-state index in [1.807, 2.05) is 91.2 Å². The van der Waals surface area contributed by atoms with Crippen molar-refractivity contribution in [3.63, 3.8) is 0 Å². The fourth-order valence-electron chi connectivity index (χ4n) is 3.32. The van der Waals surface area contributed by atoms with Crippen LogP contribution in [0.4, 0.5) is 0 Å². The van der Waals surface area contributed by atoms with Crippen LogP contribution in [0.1, 0.15) is 21.5 Å². The van der Waals surface area contributed by atoms with Crippen molar-refractivity contribution < 1.29 is 4.79 Å². The molecule has 0 atom stereocenters. The maximum absolute atomic E-state index is 12.8. The maximum atomic E-state index is 12.8. The van der Waals surface area contributed by atoms with Crippen molar-refractivity contribution in [2.45, 2.75) is 19.0 Å². The molecule has 0 amide bonds. The van der Waals surface area contributed by atoms with Crippen LogP contribution in [0.15, 0.2) is 78.0 Å². The minimum atomic E-state index is 0.0689. The van der Waals surface area contributed by atoms with Crippen LogP contribution in [-0.2, 0) is 0 Å². The van der Waals surface area contributed by atoms with Crippen LogP contribution in [0.5, 0.6) is 0 Å². The average Bonchev–Trinajstić information content (AvgIpc) is 3.16. The molecule has 0 saturated heterocycles. The molecule has 3 aromatic carbocycles. The lowest BCUT2D eigenvalue weighted by atomic mass is 10.0. The number of thioether (sulfide) groups is 1. The Morgan fingerprint density at radius 2 is 1.70 bits per heavy atom. The molecule has 0 unspecified atom stereocenters. The topological polar surface area (TPSA) is 47.8 Å². The minimum absolute atomic E-state index is 0.0689. The SMILES string of the molecule is Cc1ccc(C(=O)CSc2nnc(-c3ccccc3Cl)n2-c2ccccc2)c(C)c1. The molecule has 0 aliphatic rings. The highest BCUT2D eigenvalue weighted by atomic mass is 35.5. The Kier molecular flexibility index (Phi) is 6.02. The third kappa shape index (κ3) is 4.18. The molecule has 6 heteroatoms. The predicted octanol–water partition coefficient (Wildman–Crippen LogP) is 6.18. The van der Waals surface area contributed by atoms with E-state index in [0.29, 0.717) is 16.0 Å². The second-order valence-corrected chi connectivity index (χ2v) is 8.34. The van der Waals surface area contributed by atoms with Crippen LogP contribution in [0, 0.1) is 13.8 Å². The molecule has 1 aromatic heterocycles. The molecule has 4 aromatic rings. The van der Waals surface area contributed by atoms with Gasteiger partial charge in [0.25, 0.3) is 0 Å². The highest BCUT2D eigenvalue weighted by molar-refractivity contribution is 7.99. The number of hydrogen-bond acceptors (Lipinski definition) is 4. The number of ketones is 1. The Balaban J connectivity index is 1.68. The molecular formula is C24H20ClN3OS. The zero-order valence-electron chi connectivity index (χ0n) is 16.7. The van der Waals surface area contributed by atoms with Crippen molar-refractivity contribution in [1.82, 2.24) is 14.8 Å². The van der Waals surface area contributed by atoms with Crippen molar-refractivity contribution in [1.29, 1.82) is 0 Å². The largest absolute Gasteiger partial charge is 0.293 e. The van der Waals surface area contributed by atoms with Crippen molar-refractivity contribution in [2.75, 3.05) is 5.75 Å². The fraction of sp³-hybridized carbons (Fsp3) is 0.125. The normalized spacial score (nSPS) is 10.9. The van der Waals surface area contributed by atoms with Gasteiger partial charge in [0.1, 0.15) is 0 Å². The molecule has 1 heterocycles. The van der Waals surface area contributed by atoms with Crippen LogP contribution in [-0.4, -0.2) is 26.3 Å². The van der Waals surface area contributed by atoms with Gasteiger partial charge in [0, 0.05) is 16.8 Å². The van der Waals surface area contributed by atoms with E-state index in [-0.39, 0.29) is 11.5 Å². The van der Waals surface area contributed by atoms with E-state index in [1.165, 1.54) is 11.8 Å². The summed E-state index contributed by atoms with van der Waals surface area (Å²) in [5.74, 6) is 0.991. The highest BCUT2D eigenvalue weighted by Crippen LogP contribution is 2.32. The quantitative estimate of drug-likeness (QED) is 0.269. The Labute approximate surface area is 184 Å². The van der Waals surface area contributed by atoms with Gasteiger partial charge in [-0.2, -0.15) is 0 Å². The number of benzene rings is 3. The van der Waals surface area contributed by atoms with Gasteiger partial charge >= 0.3 is 0 Å². The van der Waals surface area contributed by atoms with Crippen LogP contribution in [0.25, 0.3) is 17.1 Å². The summed E-state index contributed by atoms with van der Waals surface area (Å²) in [6.45, 7) is 3.99.